The number of hydrogen-bond acceptors (Lipinski definition) is 6. The molecule has 0 unspecified atom stereocenters. The van der Waals surface area contributed by atoms with E-state index in [0.717, 1.165) is 49.5 Å². The van der Waals surface area contributed by atoms with Crippen LogP contribution >= 0.6 is 11.3 Å². The Bertz CT molecular complexity index is 1270. The molecule has 2 heterocycles. The zero-order valence-electron chi connectivity index (χ0n) is 19.4. The fraction of sp³-hybridized carbons (Fsp3) is 0.250. The van der Waals surface area contributed by atoms with Gasteiger partial charge in [-0.15, -0.1) is 0 Å². The lowest BCUT2D eigenvalue weighted by Crippen LogP contribution is -2.39. The Kier molecular flexibility index (Phi) is 7.28. The standard InChI is InChI=1S/C28H27N3O3S/c32-26(21-7-2-1-3-8-21)22-11-13-23(14-12-22)27(33)31(16-6-15-30-17-19-34-20-18-30)28-29-24-9-4-5-10-25(24)35-28/h1-5,7-14H,6,15-20H2. The second-order valence-corrected chi connectivity index (χ2v) is 9.51. The van der Waals surface area contributed by atoms with E-state index < -0.39 is 0 Å². The van der Waals surface area contributed by atoms with E-state index in [-0.39, 0.29) is 11.7 Å². The summed E-state index contributed by atoms with van der Waals surface area (Å²) in [5.74, 6) is -0.164. The Balaban J connectivity index is 1.35. The summed E-state index contributed by atoms with van der Waals surface area (Å²) in [6.07, 6.45) is 0.840. The number of morpholine rings is 1. The van der Waals surface area contributed by atoms with Crippen molar-refractivity contribution in [1.29, 1.82) is 0 Å². The summed E-state index contributed by atoms with van der Waals surface area (Å²) >= 11 is 1.53. The second-order valence-electron chi connectivity index (χ2n) is 8.50. The first kappa shape index (κ1) is 23.4. The van der Waals surface area contributed by atoms with Gasteiger partial charge in [0.2, 0.25) is 0 Å². The number of anilines is 1. The van der Waals surface area contributed by atoms with Crippen molar-refractivity contribution in [3.63, 3.8) is 0 Å². The maximum atomic E-state index is 13.6. The molecule has 5 rings (SSSR count). The third-order valence-corrected chi connectivity index (χ3v) is 7.21. The largest absolute Gasteiger partial charge is 0.379 e. The van der Waals surface area contributed by atoms with Gasteiger partial charge < -0.3 is 4.74 Å². The number of nitrogens with zero attached hydrogens (tertiary/aromatic N) is 3. The zero-order chi connectivity index (χ0) is 24.0. The Hall–Kier alpha value is -3.39. The van der Waals surface area contributed by atoms with Gasteiger partial charge in [0.05, 0.1) is 23.4 Å². The number of ketones is 1. The van der Waals surface area contributed by atoms with E-state index in [1.54, 1.807) is 41.3 Å². The predicted octanol–water partition coefficient (Wildman–Crippen LogP) is 4.90. The number of hydrogen-bond donors (Lipinski definition) is 0. The van der Waals surface area contributed by atoms with Crippen molar-refractivity contribution >= 4 is 38.4 Å². The van der Waals surface area contributed by atoms with Crippen LogP contribution in [-0.4, -0.2) is 61.0 Å². The minimum absolute atomic E-state index is 0.0573. The number of rotatable bonds is 8. The molecule has 1 aliphatic rings. The van der Waals surface area contributed by atoms with Gasteiger partial charge in [-0.05, 0) is 30.7 Å². The lowest BCUT2D eigenvalue weighted by Gasteiger charge is -2.27. The molecule has 0 N–H and O–H groups in total. The third-order valence-electron chi connectivity index (χ3n) is 6.15. The molecule has 3 aromatic carbocycles. The molecule has 1 fully saturated rings. The number of amides is 1. The molecule has 35 heavy (non-hydrogen) atoms. The lowest BCUT2D eigenvalue weighted by molar-refractivity contribution is 0.0376. The Morgan fingerprint density at radius 1 is 0.857 bits per heavy atom. The number of carbonyl (C=O) groups is 2. The number of thiazole rings is 1. The maximum Gasteiger partial charge on any atom is 0.260 e. The molecule has 1 aromatic heterocycles. The topological polar surface area (TPSA) is 62.7 Å². The molecular weight excluding hydrogens is 458 g/mol. The summed E-state index contributed by atoms with van der Waals surface area (Å²) in [6.45, 7) is 4.84. The molecule has 0 aliphatic carbocycles. The van der Waals surface area contributed by atoms with Gasteiger partial charge >= 0.3 is 0 Å². The summed E-state index contributed by atoms with van der Waals surface area (Å²) in [4.78, 5) is 35.3. The quantitative estimate of drug-likeness (QED) is 0.332. The van der Waals surface area contributed by atoms with Gasteiger partial charge in [-0.3, -0.25) is 19.4 Å². The zero-order valence-corrected chi connectivity index (χ0v) is 20.2. The summed E-state index contributed by atoms with van der Waals surface area (Å²) in [7, 11) is 0. The van der Waals surface area contributed by atoms with Crippen molar-refractivity contribution in [3.05, 3.63) is 95.6 Å². The monoisotopic (exact) mass is 485 g/mol. The molecule has 1 saturated heterocycles. The molecule has 0 saturated carbocycles. The summed E-state index contributed by atoms with van der Waals surface area (Å²) in [6, 6.07) is 24.0. The van der Waals surface area contributed by atoms with Crippen LogP contribution in [0.3, 0.4) is 0 Å². The van der Waals surface area contributed by atoms with Gasteiger partial charge in [0.25, 0.3) is 5.91 Å². The van der Waals surface area contributed by atoms with Crippen LogP contribution in [0, 0.1) is 0 Å². The Morgan fingerprint density at radius 2 is 1.51 bits per heavy atom. The fourth-order valence-corrected chi connectivity index (χ4v) is 5.20. The second kappa shape index (κ2) is 10.9. The average molecular weight is 486 g/mol. The smallest absolute Gasteiger partial charge is 0.260 e. The van der Waals surface area contributed by atoms with E-state index in [1.165, 1.54) is 11.3 Å². The van der Waals surface area contributed by atoms with E-state index in [9.17, 15) is 9.59 Å². The summed E-state index contributed by atoms with van der Waals surface area (Å²) < 4.78 is 6.50. The van der Waals surface area contributed by atoms with Crippen LogP contribution < -0.4 is 4.90 Å². The van der Waals surface area contributed by atoms with Crippen LogP contribution in [0.5, 0.6) is 0 Å². The van der Waals surface area contributed by atoms with E-state index in [2.05, 4.69) is 4.90 Å². The number of aromatic nitrogens is 1. The van der Waals surface area contributed by atoms with E-state index in [1.807, 2.05) is 42.5 Å². The lowest BCUT2D eigenvalue weighted by atomic mass is 10.0. The fourth-order valence-electron chi connectivity index (χ4n) is 4.21. The molecule has 0 bridgehead atoms. The van der Waals surface area contributed by atoms with Crippen LogP contribution in [0.15, 0.2) is 78.9 Å². The number of benzene rings is 3. The molecule has 4 aromatic rings. The minimum Gasteiger partial charge on any atom is -0.379 e. The van der Waals surface area contributed by atoms with Crippen molar-refractivity contribution in [3.8, 4) is 0 Å². The molecule has 178 valence electrons. The predicted molar refractivity (Wildman–Crippen MR) is 139 cm³/mol. The van der Waals surface area contributed by atoms with Crippen LogP contribution in [0.2, 0.25) is 0 Å². The van der Waals surface area contributed by atoms with Gasteiger partial charge in [-0.25, -0.2) is 4.98 Å². The van der Waals surface area contributed by atoms with Gasteiger partial charge in [-0.2, -0.15) is 0 Å². The normalized spacial score (nSPS) is 14.2. The van der Waals surface area contributed by atoms with Crippen molar-refractivity contribution < 1.29 is 14.3 Å². The highest BCUT2D eigenvalue weighted by Gasteiger charge is 2.22. The summed E-state index contributed by atoms with van der Waals surface area (Å²) in [5.41, 5.74) is 2.62. The minimum atomic E-state index is -0.107. The average Bonchev–Trinajstić information content (AvgIpc) is 3.35. The third kappa shape index (κ3) is 5.48. The van der Waals surface area contributed by atoms with Gasteiger partial charge in [0.1, 0.15) is 0 Å². The van der Waals surface area contributed by atoms with Crippen molar-refractivity contribution in [2.24, 2.45) is 0 Å². The SMILES string of the molecule is O=C(c1ccccc1)c1ccc(C(=O)N(CCCN2CCOCC2)c2nc3ccccc3s2)cc1. The Labute approximate surface area is 208 Å². The highest BCUT2D eigenvalue weighted by atomic mass is 32.1. The van der Waals surface area contributed by atoms with Crippen molar-refractivity contribution in [1.82, 2.24) is 9.88 Å². The van der Waals surface area contributed by atoms with E-state index in [0.29, 0.717) is 28.4 Å². The number of para-hydroxylation sites is 1. The molecule has 7 heteroatoms. The van der Waals surface area contributed by atoms with Crippen LogP contribution in [-0.2, 0) is 4.74 Å². The van der Waals surface area contributed by atoms with Crippen LogP contribution in [0.25, 0.3) is 10.2 Å². The molecule has 1 amide bonds. The van der Waals surface area contributed by atoms with Gasteiger partial charge in [-0.1, -0.05) is 65.9 Å². The highest BCUT2D eigenvalue weighted by Crippen LogP contribution is 2.30. The van der Waals surface area contributed by atoms with Crippen LogP contribution in [0.1, 0.15) is 32.7 Å². The van der Waals surface area contributed by atoms with Gasteiger partial charge in [0, 0.05) is 42.9 Å². The highest BCUT2D eigenvalue weighted by molar-refractivity contribution is 7.22. The molecular formula is C28H27N3O3S. The van der Waals surface area contributed by atoms with Crippen molar-refractivity contribution in [2.45, 2.75) is 6.42 Å². The maximum absolute atomic E-state index is 13.6. The molecule has 0 spiro atoms. The van der Waals surface area contributed by atoms with E-state index in [4.69, 9.17) is 9.72 Å². The number of carbonyl (C=O) groups excluding carboxylic acids is 2. The first-order valence-corrected chi connectivity index (χ1v) is 12.7. The Morgan fingerprint density at radius 3 is 2.26 bits per heavy atom. The number of ether oxygens (including phenoxy) is 1. The molecule has 0 radical (unpaired) electrons. The first-order valence-electron chi connectivity index (χ1n) is 11.9. The molecule has 6 nitrogen and oxygen atoms in total. The molecule has 1 aliphatic heterocycles. The van der Waals surface area contributed by atoms with Crippen molar-refractivity contribution in [2.75, 3.05) is 44.3 Å². The first-order chi connectivity index (χ1) is 17.2. The van der Waals surface area contributed by atoms with Crippen LogP contribution in [0.4, 0.5) is 5.13 Å². The van der Waals surface area contributed by atoms with E-state index >= 15 is 0 Å². The number of fused-ring (bicyclic) bond motifs is 1. The molecule has 0 atom stereocenters. The van der Waals surface area contributed by atoms with Gasteiger partial charge in [0.15, 0.2) is 10.9 Å². The summed E-state index contributed by atoms with van der Waals surface area (Å²) in [5, 5.41) is 0.697.